The van der Waals surface area contributed by atoms with Gasteiger partial charge in [-0.05, 0) is 19.3 Å². The van der Waals surface area contributed by atoms with Gasteiger partial charge in [0.1, 0.15) is 11.1 Å². The van der Waals surface area contributed by atoms with E-state index in [0.717, 1.165) is 5.69 Å². The molecule has 1 aliphatic rings. The summed E-state index contributed by atoms with van der Waals surface area (Å²) in [6.45, 7) is 2.86. The maximum absolute atomic E-state index is 11.5. The minimum absolute atomic E-state index is 0.460. The first-order valence-corrected chi connectivity index (χ1v) is 5.42. The maximum atomic E-state index is 11.5. The average Bonchev–Trinajstić information content (AvgIpc) is 2.78. The molecule has 0 spiro atoms. The quantitative estimate of drug-likeness (QED) is 0.782. The number of ether oxygens (including phenoxy) is 1. The Morgan fingerprint density at radius 3 is 2.75 bits per heavy atom. The fourth-order valence-electron chi connectivity index (χ4n) is 2.15. The lowest BCUT2D eigenvalue weighted by Crippen LogP contribution is -2.42. The van der Waals surface area contributed by atoms with Crippen molar-refractivity contribution in [2.24, 2.45) is 0 Å². The molecule has 0 aromatic carbocycles. The smallest absolute Gasteiger partial charge is 0.316 e. The third-order valence-corrected chi connectivity index (χ3v) is 3.16. The van der Waals surface area contributed by atoms with Crippen LogP contribution in [0.2, 0.25) is 0 Å². The summed E-state index contributed by atoms with van der Waals surface area (Å²) in [5.41, 5.74) is 0.395. The molecule has 2 rings (SSSR count). The molecule has 88 valence electrons. The zero-order valence-electron chi connectivity index (χ0n) is 9.19. The molecule has 1 aromatic rings. The molecular weight excluding hydrogens is 210 g/mol. The molecule has 0 radical (unpaired) electrons. The lowest BCUT2D eigenvalue weighted by atomic mass is 9.76. The van der Waals surface area contributed by atoms with Crippen LogP contribution in [0.4, 0.5) is 0 Å². The molecule has 1 fully saturated rings. The summed E-state index contributed by atoms with van der Waals surface area (Å²) in [7, 11) is 0. The molecule has 0 unspecified atom stereocenters. The van der Waals surface area contributed by atoms with Gasteiger partial charge in [-0.1, -0.05) is 6.92 Å². The molecule has 0 bridgehead atoms. The van der Waals surface area contributed by atoms with Crippen LogP contribution in [0.1, 0.15) is 31.2 Å². The van der Waals surface area contributed by atoms with Gasteiger partial charge in [-0.15, -0.1) is 0 Å². The number of hydrogen-bond donors (Lipinski definition) is 2. The van der Waals surface area contributed by atoms with Crippen LogP contribution in [0.3, 0.4) is 0 Å². The Balaban J connectivity index is 2.42. The number of aryl methyl sites for hydroxylation is 1. The summed E-state index contributed by atoms with van der Waals surface area (Å²) >= 11 is 0. The van der Waals surface area contributed by atoms with E-state index in [1.54, 1.807) is 0 Å². The molecular formula is C10H15N3O3. The van der Waals surface area contributed by atoms with Gasteiger partial charge in [0.05, 0.1) is 5.69 Å². The number of nitrogens with one attached hydrogen (secondary N) is 1. The highest BCUT2D eigenvalue weighted by atomic mass is 16.5. The third kappa shape index (κ3) is 1.59. The number of carboxylic acids is 1. The van der Waals surface area contributed by atoms with E-state index in [1.165, 1.54) is 0 Å². The second-order valence-electron chi connectivity index (χ2n) is 3.97. The molecule has 2 heterocycles. The van der Waals surface area contributed by atoms with E-state index in [1.807, 2.05) is 6.92 Å². The van der Waals surface area contributed by atoms with E-state index in [0.29, 0.717) is 38.2 Å². The summed E-state index contributed by atoms with van der Waals surface area (Å²) in [6.07, 6.45) is 1.60. The molecule has 2 N–H and O–H groups in total. The molecule has 1 aromatic heterocycles. The van der Waals surface area contributed by atoms with Crippen molar-refractivity contribution < 1.29 is 14.6 Å². The summed E-state index contributed by atoms with van der Waals surface area (Å²) in [5, 5.41) is 20.0. The number of rotatable bonds is 3. The van der Waals surface area contributed by atoms with Crippen LogP contribution in [0.25, 0.3) is 0 Å². The minimum Gasteiger partial charge on any atom is -0.481 e. The number of aromatic nitrogens is 3. The van der Waals surface area contributed by atoms with Crippen LogP contribution in [0.15, 0.2) is 0 Å². The van der Waals surface area contributed by atoms with Crippen LogP contribution >= 0.6 is 0 Å². The minimum atomic E-state index is -0.920. The van der Waals surface area contributed by atoms with Crippen molar-refractivity contribution in [3.63, 3.8) is 0 Å². The van der Waals surface area contributed by atoms with E-state index >= 15 is 0 Å². The highest BCUT2D eigenvalue weighted by molar-refractivity contribution is 5.81. The fraction of sp³-hybridized carbons (Fsp3) is 0.700. The number of aliphatic carboxylic acids is 1. The average molecular weight is 225 g/mol. The lowest BCUT2D eigenvalue weighted by Gasteiger charge is -2.31. The van der Waals surface area contributed by atoms with Crippen molar-refractivity contribution in [2.45, 2.75) is 31.6 Å². The van der Waals surface area contributed by atoms with Gasteiger partial charge >= 0.3 is 5.97 Å². The zero-order valence-corrected chi connectivity index (χ0v) is 9.19. The van der Waals surface area contributed by atoms with Crippen molar-refractivity contribution in [1.29, 1.82) is 0 Å². The van der Waals surface area contributed by atoms with Crippen molar-refractivity contribution in [3.05, 3.63) is 11.4 Å². The van der Waals surface area contributed by atoms with Gasteiger partial charge in [0.15, 0.2) is 0 Å². The Bertz CT molecular complexity index is 382. The van der Waals surface area contributed by atoms with Crippen LogP contribution in [-0.2, 0) is 21.4 Å². The van der Waals surface area contributed by atoms with Crippen molar-refractivity contribution in [3.8, 4) is 0 Å². The number of nitrogens with zero attached hydrogens (tertiary/aromatic N) is 2. The molecule has 0 saturated carbocycles. The SMILES string of the molecule is CCc1n[nH]nc1C1(C(=O)O)CCOCC1. The van der Waals surface area contributed by atoms with Crippen LogP contribution < -0.4 is 0 Å². The second kappa shape index (κ2) is 4.21. The molecule has 16 heavy (non-hydrogen) atoms. The predicted molar refractivity (Wildman–Crippen MR) is 55.1 cm³/mol. The molecule has 6 nitrogen and oxygen atoms in total. The third-order valence-electron chi connectivity index (χ3n) is 3.16. The van der Waals surface area contributed by atoms with E-state index in [4.69, 9.17) is 4.74 Å². The number of carbonyl (C=O) groups is 1. The van der Waals surface area contributed by atoms with Crippen molar-refractivity contribution >= 4 is 5.97 Å². The van der Waals surface area contributed by atoms with Gasteiger partial charge < -0.3 is 9.84 Å². The Morgan fingerprint density at radius 1 is 1.50 bits per heavy atom. The van der Waals surface area contributed by atoms with Gasteiger partial charge in [0.2, 0.25) is 0 Å². The van der Waals surface area contributed by atoms with Crippen LogP contribution in [0.5, 0.6) is 0 Å². The topological polar surface area (TPSA) is 88.1 Å². The van der Waals surface area contributed by atoms with E-state index < -0.39 is 11.4 Å². The van der Waals surface area contributed by atoms with Crippen molar-refractivity contribution in [1.82, 2.24) is 15.4 Å². The standard InChI is InChI=1S/C10H15N3O3/c1-2-7-8(12-13-11-7)10(9(14)15)3-5-16-6-4-10/h2-6H2,1H3,(H,14,15)(H,11,12,13). The van der Waals surface area contributed by atoms with E-state index in [9.17, 15) is 9.90 Å². The number of aromatic amines is 1. The molecule has 0 atom stereocenters. The Labute approximate surface area is 93.0 Å². The summed E-state index contributed by atoms with van der Waals surface area (Å²) in [6, 6.07) is 0. The van der Waals surface area contributed by atoms with Gasteiger partial charge in [-0.2, -0.15) is 15.4 Å². The lowest BCUT2D eigenvalue weighted by molar-refractivity contribution is -0.148. The van der Waals surface area contributed by atoms with E-state index in [-0.39, 0.29) is 0 Å². The van der Waals surface area contributed by atoms with Gasteiger partial charge in [-0.3, -0.25) is 4.79 Å². The Morgan fingerprint density at radius 2 is 2.19 bits per heavy atom. The highest BCUT2D eigenvalue weighted by Crippen LogP contribution is 2.35. The molecule has 1 aliphatic heterocycles. The van der Waals surface area contributed by atoms with E-state index in [2.05, 4.69) is 15.4 Å². The monoisotopic (exact) mass is 225 g/mol. The largest absolute Gasteiger partial charge is 0.481 e. The van der Waals surface area contributed by atoms with Gasteiger partial charge in [0.25, 0.3) is 0 Å². The first kappa shape index (κ1) is 11.1. The van der Waals surface area contributed by atoms with Gasteiger partial charge in [0, 0.05) is 13.2 Å². The van der Waals surface area contributed by atoms with Crippen LogP contribution in [0, 0.1) is 0 Å². The summed E-state index contributed by atoms with van der Waals surface area (Å²) in [5.74, 6) is -0.834. The van der Waals surface area contributed by atoms with Crippen molar-refractivity contribution in [2.75, 3.05) is 13.2 Å². The second-order valence-corrected chi connectivity index (χ2v) is 3.97. The maximum Gasteiger partial charge on any atom is 0.316 e. The fourth-order valence-corrected chi connectivity index (χ4v) is 2.15. The summed E-state index contributed by atoms with van der Waals surface area (Å²) in [4.78, 5) is 11.5. The molecule has 6 heteroatoms. The first-order valence-electron chi connectivity index (χ1n) is 5.42. The van der Waals surface area contributed by atoms with Gasteiger partial charge in [-0.25, -0.2) is 0 Å². The predicted octanol–water partition coefficient (Wildman–Crippen LogP) is 0.500. The number of hydrogen-bond acceptors (Lipinski definition) is 4. The molecule has 0 amide bonds. The van der Waals surface area contributed by atoms with Crippen LogP contribution in [-0.4, -0.2) is 39.7 Å². The number of carboxylic acid groups (broad SMARTS) is 1. The molecule has 1 saturated heterocycles. The Kier molecular flexibility index (Phi) is 2.91. The first-order chi connectivity index (χ1) is 7.70. The zero-order chi connectivity index (χ0) is 11.6. The highest BCUT2D eigenvalue weighted by Gasteiger charge is 2.45. The number of H-pyrrole nitrogens is 1. The summed E-state index contributed by atoms with van der Waals surface area (Å²) < 4.78 is 5.22. The normalized spacial score (nSPS) is 19.6. The molecule has 0 aliphatic carbocycles. The Hall–Kier alpha value is -1.43.